The first-order valence-electron chi connectivity index (χ1n) is 8.65. The van der Waals surface area contributed by atoms with E-state index in [0.717, 1.165) is 33.7 Å². The minimum atomic E-state index is -3.44. The van der Waals surface area contributed by atoms with Gasteiger partial charge in [0.25, 0.3) is 0 Å². The minimum Gasteiger partial charge on any atom is -0.492 e. The molecule has 142 valence electrons. The smallest absolute Gasteiger partial charge is 0.229 e. The fraction of sp³-hybridized carbons (Fsp3) is 0.0952. The van der Waals surface area contributed by atoms with Gasteiger partial charge >= 0.3 is 0 Å². The summed E-state index contributed by atoms with van der Waals surface area (Å²) in [6, 6.07) is 21.0. The maximum atomic E-state index is 11.7. The third-order valence-electron chi connectivity index (χ3n) is 4.36. The highest BCUT2D eigenvalue weighted by atomic mass is 32.2. The van der Waals surface area contributed by atoms with Crippen molar-refractivity contribution in [3.8, 4) is 5.75 Å². The van der Waals surface area contributed by atoms with Crippen LogP contribution >= 0.6 is 0 Å². The van der Waals surface area contributed by atoms with Crippen molar-refractivity contribution < 1.29 is 13.2 Å². The third-order valence-corrected chi connectivity index (χ3v) is 4.95. The molecule has 0 aliphatic rings. The molecule has 4 aromatic rings. The predicted molar refractivity (Wildman–Crippen MR) is 114 cm³/mol. The number of methoxy groups -OCH3 is 1. The highest BCUT2D eigenvalue weighted by Gasteiger charge is 2.15. The van der Waals surface area contributed by atoms with Gasteiger partial charge in [-0.3, -0.25) is 4.72 Å². The van der Waals surface area contributed by atoms with Crippen LogP contribution in [0.5, 0.6) is 5.75 Å². The molecule has 0 aliphatic heterocycles. The second-order valence-corrected chi connectivity index (χ2v) is 8.16. The Bertz CT molecular complexity index is 1230. The monoisotopic (exact) mass is 393 g/mol. The number of benzene rings is 3. The zero-order valence-electron chi connectivity index (χ0n) is 15.4. The Balaban J connectivity index is 1.92. The molecular formula is C21H19N3O3S. The van der Waals surface area contributed by atoms with E-state index < -0.39 is 10.0 Å². The van der Waals surface area contributed by atoms with Crippen molar-refractivity contribution in [2.45, 2.75) is 0 Å². The van der Waals surface area contributed by atoms with Crippen molar-refractivity contribution >= 4 is 48.9 Å². The van der Waals surface area contributed by atoms with Gasteiger partial charge in [0.2, 0.25) is 10.0 Å². The first-order valence-corrected chi connectivity index (χ1v) is 10.5. The average molecular weight is 393 g/mol. The van der Waals surface area contributed by atoms with Crippen molar-refractivity contribution in [3.63, 3.8) is 0 Å². The predicted octanol–water partition coefficient (Wildman–Crippen LogP) is 4.51. The number of fused-ring (bicyclic) bond motifs is 2. The zero-order valence-corrected chi connectivity index (χ0v) is 16.2. The van der Waals surface area contributed by atoms with Gasteiger partial charge in [-0.25, -0.2) is 13.4 Å². The molecule has 0 atom stereocenters. The first kappa shape index (κ1) is 18.1. The number of rotatable bonds is 5. The Morgan fingerprint density at radius 1 is 0.821 bits per heavy atom. The summed E-state index contributed by atoms with van der Waals surface area (Å²) in [5.41, 5.74) is 3.65. The van der Waals surface area contributed by atoms with E-state index in [-0.39, 0.29) is 0 Å². The van der Waals surface area contributed by atoms with Crippen LogP contribution in [0.3, 0.4) is 0 Å². The van der Waals surface area contributed by atoms with E-state index in [4.69, 9.17) is 9.72 Å². The van der Waals surface area contributed by atoms with Crippen LogP contribution in [0.1, 0.15) is 0 Å². The van der Waals surface area contributed by atoms with Crippen molar-refractivity contribution in [3.05, 3.63) is 66.7 Å². The molecule has 0 amide bonds. The molecule has 0 unspecified atom stereocenters. The topological polar surface area (TPSA) is 80.3 Å². The van der Waals surface area contributed by atoms with E-state index in [0.29, 0.717) is 17.1 Å². The second kappa shape index (κ2) is 7.01. The van der Waals surface area contributed by atoms with Gasteiger partial charge in [-0.2, -0.15) is 0 Å². The SMILES string of the molecule is COc1c(Nc2c3ccccc3nc3ccccc23)cccc1NS(C)(=O)=O. The van der Waals surface area contributed by atoms with Crippen LogP contribution in [0.2, 0.25) is 0 Å². The summed E-state index contributed by atoms with van der Waals surface area (Å²) in [5, 5.41) is 5.36. The standard InChI is InChI=1S/C21H19N3O3S/c1-27-21-18(12-7-13-19(21)24-28(2,25)26)23-20-14-8-3-5-10-16(14)22-17-11-6-4-9-15(17)20/h3-13,24H,1-2H3,(H,22,23). The van der Waals surface area contributed by atoms with E-state index in [1.165, 1.54) is 7.11 Å². The van der Waals surface area contributed by atoms with Crippen LogP contribution in [0.4, 0.5) is 17.1 Å². The Morgan fingerprint density at radius 2 is 1.39 bits per heavy atom. The van der Waals surface area contributed by atoms with Gasteiger partial charge in [-0.1, -0.05) is 42.5 Å². The molecule has 1 heterocycles. The molecule has 0 saturated carbocycles. The van der Waals surface area contributed by atoms with Crippen LogP contribution in [-0.2, 0) is 10.0 Å². The number of ether oxygens (including phenoxy) is 1. The van der Waals surface area contributed by atoms with E-state index in [9.17, 15) is 8.42 Å². The first-order chi connectivity index (χ1) is 13.5. The van der Waals surface area contributed by atoms with Gasteiger partial charge in [0.1, 0.15) is 0 Å². The summed E-state index contributed by atoms with van der Waals surface area (Å²) in [6.07, 6.45) is 1.11. The van der Waals surface area contributed by atoms with E-state index >= 15 is 0 Å². The molecule has 2 N–H and O–H groups in total. The zero-order chi connectivity index (χ0) is 19.7. The molecule has 0 bridgehead atoms. The lowest BCUT2D eigenvalue weighted by Gasteiger charge is -2.18. The van der Waals surface area contributed by atoms with Crippen LogP contribution < -0.4 is 14.8 Å². The lowest BCUT2D eigenvalue weighted by Crippen LogP contribution is -2.11. The average Bonchev–Trinajstić information content (AvgIpc) is 2.67. The van der Waals surface area contributed by atoms with Gasteiger partial charge in [-0.05, 0) is 24.3 Å². The summed E-state index contributed by atoms with van der Waals surface area (Å²) in [7, 11) is -1.93. The number of anilines is 3. The molecule has 28 heavy (non-hydrogen) atoms. The van der Waals surface area contributed by atoms with Crippen LogP contribution in [-0.4, -0.2) is 26.8 Å². The van der Waals surface area contributed by atoms with Gasteiger partial charge in [0, 0.05) is 10.8 Å². The second-order valence-electron chi connectivity index (χ2n) is 6.41. The summed E-state index contributed by atoms with van der Waals surface area (Å²) in [4.78, 5) is 4.73. The van der Waals surface area contributed by atoms with Crippen LogP contribution in [0.25, 0.3) is 21.8 Å². The molecule has 0 radical (unpaired) electrons. The Labute approximate surface area is 163 Å². The summed E-state index contributed by atoms with van der Waals surface area (Å²) in [6.45, 7) is 0. The van der Waals surface area contributed by atoms with Gasteiger partial charge in [-0.15, -0.1) is 0 Å². The molecule has 3 aromatic carbocycles. The largest absolute Gasteiger partial charge is 0.492 e. The maximum absolute atomic E-state index is 11.7. The summed E-state index contributed by atoms with van der Waals surface area (Å²) in [5.74, 6) is 0.415. The van der Waals surface area contributed by atoms with Gasteiger partial charge in [0.15, 0.2) is 5.75 Å². The molecule has 0 aliphatic carbocycles. The fourth-order valence-electron chi connectivity index (χ4n) is 3.24. The third kappa shape index (κ3) is 3.44. The number of nitrogens with one attached hydrogen (secondary N) is 2. The summed E-state index contributed by atoms with van der Waals surface area (Å²) < 4.78 is 31.4. The van der Waals surface area contributed by atoms with Crippen molar-refractivity contribution in [2.24, 2.45) is 0 Å². The molecule has 0 fully saturated rings. The lowest BCUT2D eigenvalue weighted by molar-refractivity contribution is 0.419. The molecule has 7 heteroatoms. The van der Waals surface area contributed by atoms with Crippen molar-refractivity contribution in [1.29, 1.82) is 0 Å². The molecule has 0 saturated heterocycles. The number of nitrogens with zero attached hydrogens (tertiary/aromatic N) is 1. The van der Waals surface area contributed by atoms with Crippen molar-refractivity contribution in [2.75, 3.05) is 23.4 Å². The van der Waals surface area contributed by atoms with Gasteiger partial charge in [0.05, 0.1) is 41.5 Å². The normalized spacial score (nSPS) is 11.5. The highest BCUT2D eigenvalue weighted by Crippen LogP contribution is 2.39. The van der Waals surface area contributed by atoms with Crippen molar-refractivity contribution in [1.82, 2.24) is 4.98 Å². The van der Waals surface area contributed by atoms with Gasteiger partial charge < -0.3 is 10.1 Å². The van der Waals surface area contributed by atoms with Crippen LogP contribution in [0.15, 0.2) is 66.7 Å². The summed E-state index contributed by atoms with van der Waals surface area (Å²) >= 11 is 0. The molecule has 0 spiro atoms. The van der Waals surface area contributed by atoms with E-state index in [2.05, 4.69) is 10.0 Å². The van der Waals surface area contributed by atoms with E-state index in [1.807, 2.05) is 54.6 Å². The Morgan fingerprint density at radius 3 is 1.96 bits per heavy atom. The minimum absolute atomic E-state index is 0.373. The molecular weight excluding hydrogens is 374 g/mol. The maximum Gasteiger partial charge on any atom is 0.229 e. The highest BCUT2D eigenvalue weighted by molar-refractivity contribution is 7.92. The Hall–Kier alpha value is -3.32. The molecule has 4 rings (SSSR count). The number of para-hydroxylation sites is 3. The lowest BCUT2D eigenvalue weighted by atomic mass is 10.1. The molecule has 6 nitrogen and oxygen atoms in total. The number of aromatic nitrogens is 1. The van der Waals surface area contributed by atoms with E-state index in [1.54, 1.807) is 12.1 Å². The van der Waals surface area contributed by atoms with Crippen LogP contribution in [0, 0.1) is 0 Å². The Kier molecular flexibility index (Phi) is 4.52. The quantitative estimate of drug-likeness (QED) is 0.488. The molecule has 1 aromatic heterocycles. The number of pyridine rings is 1. The number of hydrogen-bond donors (Lipinski definition) is 2. The number of hydrogen-bond acceptors (Lipinski definition) is 5. The fourth-order valence-corrected chi connectivity index (χ4v) is 3.80. The number of sulfonamides is 1.